The molecule has 0 saturated carbocycles. The first-order valence-corrected chi connectivity index (χ1v) is 6.04. The summed E-state index contributed by atoms with van der Waals surface area (Å²) < 4.78 is 9.66. The Balaban J connectivity index is 2.47. The zero-order valence-corrected chi connectivity index (χ0v) is 11.2. The highest BCUT2D eigenvalue weighted by atomic mass is 16.6. The summed E-state index contributed by atoms with van der Waals surface area (Å²) in [6.07, 6.45) is 1.66. The molecule has 1 aliphatic rings. The predicted molar refractivity (Wildman–Crippen MR) is 69.2 cm³/mol. The number of carbonyl (C=O) groups excluding carboxylic acids is 2. The molecule has 0 saturated heterocycles. The van der Waals surface area contributed by atoms with Crippen molar-refractivity contribution >= 4 is 11.9 Å². The van der Waals surface area contributed by atoms with Gasteiger partial charge in [0.1, 0.15) is 0 Å². The zero-order valence-electron chi connectivity index (χ0n) is 11.2. The van der Waals surface area contributed by atoms with Crippen LogP contribution < -0.4 is 0 Å². The number of carbonyl (C=O) groups is 2. The van der Waals surface area contributed by atoms with E-state index in [4.69, 9.17) is 4.74 Å². The van der Waals surface area contributed by atoms with Crippen LogP contribution in [0.1, 0.15) is 25.3 Å². The lowest BCUT2D eigenvalue weighted by Gasteiger charge is -2.34. The van der Waals surface area contributed by atoms with Crippen LogP contribution in [0.5, 0.6) is 0 Å². The summed E-state index contributed by atoms with van der Waals surface area (Å²) in [6, 6.07) is 9.56. The Morgan fingerprint density at radius 2 is 1.89 bits per heavy atom. The minimum atomic E-state index is -0.723. The normalized spacial score (nSPS) is 21.3. The molecule has 100 valence electrons. The van der Waals surface area contributed by atoms with Crippen molar-refractivity contribution in [1.29, 1.82) is 0 Å². The van der Waals surface area contributed by atoms with Crippen molar-refractivity contribution in [2.45, 2.75) is 19.8 Å². The Kier molecular flexibility index (Phi) is 3.42. The summed E-state index contributed by atoms with van der Waals surface area (Å²) in [5, 5.41) is 0. The molecule has 0 aliphatic carbocycles. The van der Waals surface area contributed by atoms with E-state index >= 15 is 0 Å². The molecule has 1 aliphatic heterocycles. The number of cyclic esters (lactones) is 1. The number of esters is 2. The van der Waals surface area contributed by atoms with E-state index in [0.717, 1.165) is 5.56 Å². The first-order chi connectivity index (χ1) is 8.96. The van der Waals surface area contributed by atoms with Gasteiger partial charge in [-0.3, -0.25) is 4.79 Å². The van der Waals surface area contributed by atoms with E-state index in [1.165, 1.54) is 7.11 Å². The molecule has 0 amide bonds. The quantitative estimate of drug-likeness (QED) is 0.766. The van der Waals surface area contributed by atoms with Crippen molar-refractivity contribution < 1.29 is 19.1 Å². The molecule has 1 aromatic rings. The fourth-order valence-corrected chi connectivity index (χ4v) is 2.14. The van der Waals surface area contributed by atoms with E-state index in [1.807, 2.05) is 30.3 Å². The lowest BCUT2D eigenvalue weighted by Crippen LogP contribution is -2.37. The van der Waals surface area contributed by atoms with Crippen LogP contribution in [0.4, 0.5) is 0 Å². The predicted octanol–water partition coefficient (Wildman–Crippen LogP) is 2.41. The van der Waals surface area contributed by atoms with Crippen LogP contribution >= 0.6 is 0 Å². The molecule has 19 heavy (non-hydrogen) atoms. The Morgan fingerprint density at radius 1 is 1.26 bits per heavy atom. The van der Waals surface area contributed by atoms with Crippen LogP contribution in [0.2, 0.25) is 0 Å². The highest BCUT2D eigenvalue weighted by Crippen LogP contribution is 2.42. The average molecular weight is 260 g/mol. The molecule has 0 spiro atoms. The first kappa shape index (κ1) is 13.3. The average Bonchev–Trinajstić information content (AvgIpc) is 2.41. The Morgan fingerprint density at radius 3 is 2.47 bits per heavy atom. The van der Waals surface area contributed by atoms with E-state index in [9.17, 15) is 9.59 Å². The number of methoxy groups -OCH3 is 1. The monoisotopic (exact) mass is 260 g/mol. The number of benzene rings is 1. The smallest absolute Gasteiger partial charge is 0.373 e. The van der Waals surface area contributed by atoms with Crippen molar-refractivity contribution in [3.63, 3.8) is 0 Å². The molecule has 1 atom stereocenters. The maximum Gasteiger partial charge on any atom is 0.373 e. The van der Waals surface area contributed by atoms with Crippen molar-refractivity contribution in [2.75, 3.05) is 7.11 Å². The van der Waals surface area contributed by atoms with Crippen molar-refractivity contribution in [2.24, 2.45) is 5.41 Å². The van der Waals surface area contributed by atoms with Crippen molar-refractivity contribution in [3.05, 3.63) is 47.7 Å². The van der Waals surface area contributed by atoms with Crippen molar-refractivity contribution in [3.8, 4) is 0 Å². The Bertz CT molecular complexity index is 528. The highest BCUT2D eigenvalue weighted by Gasteiger charge is 2.43. The third-order valence-corrected chi connectivity index (χ3v) is 3.37. The molecule has 0 aromatic heterocycles. The fraction of sp³-hybridized carbons (Fsp3) is 0.333. The number of ether oxygens (including phenoxy) is 2. The van der Waals surface area contributed by atoms with Gasteiger partial charge < -0.3 is 9.47 Å². The number of hydrogen-bond donors (Lipinski definition) is 0. The Hall–Kier alpha value is -2.10. The van der Waals surface area contributed by atoms with E-state index in [1.54, 1.807) is 19.9 Å². The molecule has 1 heterocycles. The van der Waals surface area contributed by atoms with Crippen LogP contribution in [0.15, 0.2) is 42.2 Å². The third-order valence-electron chi connectivity index (χ3n) is 3.37. The van der Waals surface area contributed by atoms with Gasteiger partial charge in [0, 0.05) is 5.92 Å². The van der Waals surface area contributed by atoms with Gasteiger partial charge in [-0.1, -0.05) is 30.3 Å². The van der Waals surface area contributed by atoms with Gasteiger partial charge in [-0.05, 0) is 25.5 Å². The van der Waals surface area contributed by atoms with Crippen LogP contribution in [-0.2, 0) is 19.1 Å². The van der Waals surface area contributed by atoms with E-state index < -0.39 is 17.4 Å². The van der Waals surface area contributed by atoms with Crippen LogP contribution in [0.3, 0.4) is 0 Å². The lowest BCUT2D eigenvalue weighted by molar-refractivity contribution is -0.159. The Labute approximate surface area is 112 Å². The molecule has 0 radical (unpaired) electrons. The second kappa shape index (κ2) is 4.88. The van der Waals surface area contributed by atoms with Gasteiger partial charge in [-0.15, -0.1) is 0 Å². The fourth-order valence-electron chi connectivity index (χ4n) is 2.14. The van der Waals surface area contributed by atoms with Gasteiger partial charge in [0.25, 0.3) is 0 Å². The topological polar surface area (TPSA) is 52.6 Å². The molecular formula is C15H16O4. The number of allylic oxidation sites excluding steroid dienone is 1. The molecule has 0 fully saturated rings. The van der Waals surface area contributed by atoms with Gasteiger partial charge in [0.05, 0.1) is 12.5 Å². The van der Waals surface area contributed by atoms with Gasteiger partial charge in [-0.2, -0.15) is 0 Å². The summed E-state index contributed by atoms with van der Waals surface area (Å²) in [7, 11) is 1.26. The minimum absolute atomic E-state index is 0.0410. The molecule has 2 rings (SSSR count). The largest absolute Gasteiger partial charge is 0.463 e. The first-order valence-electron chi connectivity index (χ1n) is 6.04. The maximum absolute atomic E-state index is 12.1. The number of rotatable bonds is 2. The van der Waals surface area contributed by atoms with Gasteiger partial charge in [0.2, 0.25) is 5.76 Å². The third kappa shape index (κ3) is 2.38. The number of hydrogen-bond acceptors (Lipinski definition) is 4. The van der Waals surface area contributed by atoms with Crippen molar-refractivity contribution in [1.82, 2.24) is 0 Å². The van der Waals surface area contributed by atoms with E-state index in [0.29, 0.717) is 0 Å². The molecule has 1 aromatic carbocycles. The van der Waals surface area contributed by atoms with E-state index in [-0.39, 0.29) is 11.7 Å². The second-order valence-corrected chi connectivity index (χ2v) is 5.02. The summed E-state index contributed by atoms with van der Waals surface area (Å²) in [4.78, 5) is 23.6. The lowest BCUT2D eigenvalue weighted by atomic mass is 9.73. The summed E-state index contributed by atoms with van der Waals surface area (Å²) in [6.45, 7) is 3.61. The van der Waals surface area contributed by atoms with Gasteiger partial charge >= 0.3 is 11.9 Å². The molecule has 0 N–H and O–H groups in total. The van der Waals surface area contributed by atoms with Crippen LogP contribution in [0.25, 0.3) is 0 Å². The maximum atomic E-state index is 12.1. The molecule has 0 unspecified atom stereocenters. The molecule has 0 bridgehead atoms. The summed E-state index contributed by atoms with van der Waals surface area (Å²) in [5.74, 6) is -1.32. The standard InChI is InChI=1S/C15H16O4/c1-15(2)11(10-7-5-4-6-8-10)9-12(13(16)18-3)19-14(15)17/h4-9,11H,1-3H3/t11-/m0/s1. The van der Waals surface area contributed by atoms with Crippen LogP contribution in [-0.4, -0.2) is 19.0 Å². The summed E-state index contributed by atoms with van der Waals surface area (Å²) in [5.41, 5.74) is 0.240. The molecular weight excluding hydrogens is 244 g/mol. The van der Waals surface area contributed by atoms with Crippen LogP contribution in [0, 0.1) is 5.41 Å². The van der Waals surface area contributed by atoms with Gasteiger partial charge in [0.15, 0.2) is 0 Å². The minimum Gasteiger partial charge on any atom is -0.463 e. The highest BCUT2D eigenvalue weighted by molar-refractivity contribution is 5.93. The second-order valence-electron chi connectivity index (χ2n) is 5.02. The zero-order chi connectivity index (χ0) is 14.0. The molecule has 4 heteroatoms. The van der Waals surface area contributed by atoms with E-state index in [2.05, 4.69) is 4.74 Å². The SMILES string of the molecule is COC(=O)C1=C[C@@H](c2ccccc2)C(C)(C)C(=O)O1. The molecule has 4 nitrogen and oxygen atoms in total. The van der Waals surface area contributed by atoms with Gasteiger partial charge in [-0.25, -0.2) is 4.79 Å². The summed E-state index contributed by atoms with van der Waals surface area (Å²) >= 11 is 0.